The number of amides is 2. The Morgan fingerprint density at radius 3 is 2.56 bits per heavy atom. The van der Waals surface area contributed by atoms with Gasteiger partial charge in [0, 0.05) is 18.7 Å². The van der Waals surface area contributed by atoms with Crippen molar-refractivity contribution in [1.29, 1.82) is 0 Å². The molecule has 0 aliphatic rings. The minimum Gasteiger partial charge on any atom is -0.492 e. The molecule has 0 heterocycles. The van der Waals surface area contributed by atoms with Crippen molar-refractivity contribution in [3.8, 4) is 5.75 Å². The molecule has 0 aromatic heterocycles. The van der Waals surface area contributed by atoms with Crippen molar-refractivity contribution in [2.24, 2.45) is 0 Å². The standard InChI is InChI=1S/C21H26BrFN2O2/c1-21(2,3)16-9-10-19(17(22)13-16)27-12-6-11-24-20(26)25-14-15-7-4-5-8-18(15)23/h4-5,7-10,13H,6,11-12,14H2,1-3H3,(H2,24,25,26). The highest BCUT2D eigenvalue weighted by Crippen LogP contribution is 2.31. The number of nitrogens with one attached hydrogen (secondary N) is 2. The number of benzene rings is 2. The summed E-state index contributed by atoms with van der Waals surface area (Å²) in [6.07, 6.45) is 0.667. The molecule has 27 heavy (non-hydrogen) atoms. The summed E-state index contributed by atoms with van der Waals surface area (Å²) in [7, 11) is 0. The van der Waals surface area contributed by atoms with Crippen LogP contribution in [0.15, 0.2) is 46.9 Å². The van der Waals surface area contributed by atoms with Crippen LogP contribution < -0.4 is 15.4 Å². The molecular formula is C21H26BrFN2O2. The van der Waals surface area contributed by atoms with Gasteiger partial charge in [-0.15, -0.1) is 0 Å². The topological polar surface area (TPSA) is 50.4 Å². The maximum absolute atomic E-state index is 13.5. The average molecular weight is 437 g/mol. The summed E-state index contributed by atoms with van der Waals surface area (Å²) >= 11 is 3.55. The lowest BCUT2D eigenvalue weighted by Gasteiger charge is -2.20. The van der Waals surface area contributed by atoms with Gasteiger partial charge in [-0.2, -0.15) is 0 Å². The van der Waals surface area contributed by atoms with Gasteiger partial charge in [-0.05, 0) is 51.5 Å². The Morgan fingerprint density at radius 1 is 1.15 bits per heavy atom. The van der Waals surface area contributed by atoms with E-state index in [1.165, 1.54) is 11.6 Å². The quantitative estimate of drug-likeness (QED) is 0.589. The maximum Gasteiger partial charge on any atom is 0.315 e. The first-order valence-corrected chi connectivity index (χ1v) is 9.74. The molecule has 0 aliphatic carbocycles. The summed E-state index contributed by atoms with van der Waals surface area (Å²) in [5, 5.41) is 5.38. The fraction of sp³-hybridized carbons (Fsp3) is 0.381. The molecule has 2 aromatic rings. The molecule has 4 nitrogen and oxygen atoms in total. The van der Waals surface area contributed by atoms with Gasteiger partial charge in [0.05, 0.1) is 11.1 Å². The Kier molecular flexibility index (Phi) is 7.66. The summed E-state index contributed by atoms with van der Waals surface area (Å²) in [4.78, 5) is 11.8. The van der Waals surface area contributed by atoms with Crippen molar-refractivity contribution in [3.63, 3.8) is 0 Å². The number of hydrogen-bond donors (Lipinski definition) is 2. The molecule has 146 valence electrons. The Bertz CT molecular complexity index is 775. The Morgan fingerprint density at radius 2 is 1.89 bits per heavy atom. The van der Waals surface area contributed by atoms with Gasteiger partial charge >= 0.3 is 6.03 Å². The van der Waals surface area contributed by atoms with Crippen molar-refractivity contribution in [3.05, 3.63) is 63.9 Å². The zero-order valence-electron chi connectivity index (χ0n) is 15.9. The summed E-state index contributed by atoms with van der Waals surface area (Å²) in [6.45, 7) is 7.61. The van der Waals surface area contributed by atoms with E-state index in [2.05, 4.69) is 59.5 Å². The lowest BCUT2D eigenvalue weighted by atomic mass is 9.87. The van der Waals surface area contributed by atoms with Crippen LogP contribution in [0.3, 0.4) is 0 Å². The third-order valence-corrected chi connectivity index (χ3v) is 4.68. The Labute approximate surface area is 168 Å². The van der Waals surface area contributed by atoms with Gasteiger partial charge < -0.3 is 15.4 Å². The molecule has 0 radical (unpaired) electrons. The average Bonchev–Trinajstić information content (AvgIpc) is 2.61. The van der Waals surface area contributed by atoms with Crippen LogP contribution >= 0.6 is 15.9 Å². The predicted octanol–water partition coefficient (Wildman–Crippen LogP) is 5.15. The molecule has 0 bridgehead atoms. The van der Waals surface area contributed by atoms with E-state index in [4.69, 9.17) is 4.74 Å². The van der Waals surface area contributed by atoms with E-state index >= 15 is 0 Å². The number of ether oxygens (including phenoxy) is 1. The Hall–Kier alpha value is -2.08. The van der Waals surface area contributed by atoms with Gasteiger partial charge in [0.25, 0.3) is 0 Å². The van der Waals surface area contributed by atoms with Crippen LogP contribution in [0.25, 0.3) is 0 Å². The highest BCUT2D eigenvalue weighted by Gasteiger charge is 2.15. The van der Waals surface area contributed by atoms with Crippen molar-refractivity contribution in [2.75, 3.05) is 13.2 Å². The third-order valence-electron chi connectivity index (χ3n) is 4.06. The van der Waals surface area contributed by atoms with Crippen LogP contribution in [-0.2, 0) is 12.0 Å². The molecule has 0 unspecified atom stereocenters. The summed E-state index contributed by atoms with van der Waals surface area (Å²) in [5.74, 6) is 0.460. The minimum absolute atomic E-state index is 0.0843. The number of urea groups is 1. The first-order valence-electron chi connectivity index (χ1n) is 8.95. The van der Waals surface area contributed by atoms with Crippen LogP contribution in [0.2, 0.25) is 0 Å². The van der Waals surface area contributed by atoms with Crippen molar-refractivity contribution in [2.45, 2.75) is 39.2 Å². The lowest BCUT2D eigenvalue weighted by Crippen LogP contribution is -2.36. The number of carbonyl (C=O) groups excluding carboxylic acids is 1. The summed E-state index contributed by atoms with van der Waals surface area (Å²) < 4.78 is 20.2. The third kappa shape index (κ3) is 6.86. The summed E-state index contributed by atoms with van der Waals surface area (Å²) in [5.41, 5.74) is 1.77. The van der Waals surface area contributed by atoms with Gasteiger partial charge in [-0.3, -0.25) is 0 Å². The predicted molar refractivity (Wildman–Crippen MR) is 110 cm³/mol. The van der Waals surface area contributed by atoms with E-state index < -0.39 is 0 Å². The Balaban J connectivity index is 1.67. The van der Waals surface area contributed by atoms with Gasteiger partial charge in [-0.25, -0.2) is 9.18 Å². The molecule has 0 fully saturated rings. The lowest BCUT2D eigenvalue weighted by molar-refractivity contribution is 0.238. The number of rotatable bonds is 7. The molecule has 0 aliphatic heterocycles. The molecule has 2 amide bonds. The van der Waals surface area contributed by atoms with Crippen LogP contribution in [-0.4, -0.2) is 19.2 Å². The van der Waals surface area contributed by atoms with E-state index in [9.17, 15) is 9.18 Å². The zero-order chi connectivity index (χ0) is 19.9. The second-order valence-electron chi connectivity index (χ2n) is 7.30. The van der Waals surface area contributed by atoms with Crippen molar-refractivity contribution < 1.29 is 13.9 Å². The summed E-state index contributed by atoms with van der Waals surface area (Å²) in [6, 6.07) is 12.1. The highest BCUT2D eigenvalue weighted by atomic mass is 79.9. The van der Waals surface area contributed by atoms with E-state index in [0.717, 1.165) is 10.2 Å². The molecule has 0 atom stereocenters. The number of halogens is 2. The zero-order valence-corrected chi connectivity index (χ0v) is 17.5. The largest absolute Gasteiger partial charge is 0.492 e. The van der Waals surface area contributed by atoms with E-state index in [1.807, 2.05) is 6.07 Å². The molecule has 2 N–H and O–H groups in total. The number of carbonyl (C=O) groups is 1. The SMILES string of the molecule is CC(C)(C)c1ccc(OCCCNC(=O)NCc2ccccc2F)c(Br)c1. The van der Waals surface area contributed by atoms with E-state index in [0.29, 0.717) is 25.1 Å². The van der Waals surface area contributed by atoms with Crippen LogP contribution in [0.1, 0.15) is 38.3 Å². The first kappa shape index (κ1) is 21.2. The van der Waals surface area contributed by atoms with Crippen LogP contribution in [0, 0.1) is 5.82 Å². The van der Waals surface area contributed by atoms with E-state index in [1.54, 1.807) is 18.2 Å². The normalized spacial score (nSPS) is 11.1. The van der Waals surface area contributed by atoms with Gasteiger partial charge in [0.1, 0.15) is 11.6 Å². The second kappa shape index (κ2) is 9.74. The smallest absolute Gasteiger partial charge is 0.315 e. The molecule has 0 saturated heterocycles. The van der Waals surface area contributed by atoms with Gasteiger partial charge in [0.2, 0.25) is 0 Å². The number of hydrogen-bond acceptors (Lipinski definition) is 2. The molecule has 6 heteroatoms. The highest BCUT2D eigenvalue weighted by molar-refractivity contribution is 9.10. The van der Waals surface area contributed by atoms with Gasteiger partial charge in [0.15, 0.2) is 0 Å². The van der Waals surface area contributed by atoms with Gasteiger partial charge in [-0.1, -0.05) is 45.0 Å². The molecule has 2 aromatic carbocycles. The minimum atomic E-state index is -0.325. The monoisotopic (exact) mass is 436 g/mol. The fourth-order valence-electron chi connectivity index (χ4n) is 2.42. The van der Waals surface area contributed by atoms with Crippen molar-refractivity contribution >= 4 is 22.0 Å². The van der Waals surface area contributed by atoms with Crippen LogP contribution in [0.4, 0.5) is 9.18 Å². The molecular weight excluding hydrogens is 411 g/mol. The maximum atomic E-state index is 13.5. The molecule has 0 saturated carbocycles. The van der Waals surface area contributed by atoms with E-state index in [-0.39, 0.29) is 23.8 Å². The molecule has 2 rings (SSSR count). The fourth-order valence-corrected chi connectivity index (χ4v) is 2.91. The van der Waals surface area contributed by atoms with Crippen molar-refractivity contribution in [1.82, 2.24) is 10.6 Å². The molecule has 0 spiro atoms. The second-order valence-corrected chi connectivity index (χ2v) is 8.15. The first-order chi connectivity index (χ1) is 12.8. The van der Waals surface area contributed by atoms with Crippen LogP contribution in [0.5, 0.6) is 5.75 Å².